The second-order valence-corrected chi connectivity index (χ2v) is 12.7. The topological polar surface area (TPSA) is 143 Å². The molecule has 0 aliphatic carbocycles. The maximum atomic E-state index is 14.4. The van der Waals surface area contributed by atoms with E-state index < -0.39 is 23.3 Å². The second kappa shape index (κ2) is 12.6. The van der Waals surface area contributed by atoms with Crippen molar-refractivity contribution < 1.29 is 9.53 Å². The van der Waals surface area contributed by atoms with Gasteiger partial charge < -0.3 is 9.30 Å². The fourth-order valence-corrected chi connectivity index (χ4v) is 5.82. The molecule has 6 rings (SSSR count). The molecule has 0 aliphatic rings. The number of H-pyrrole nitrogens is 1. The third kappa shape index (κ3) is 6.26. The molecule has 0 amide bonds. The maximum absolute atomic E-state index is 14.4. The number of benzene rings is 3. The van der Waals surface area contributed by atoms with Crippen molar-refractivity contribution in [2.45, 2.75) is 53.2 Å². The zero-order chi connectivity index (χ0) is 33.3. The highest BCUT2D eigenvalue weighted by Gasteiger charge is 2.27. The molecule has 3 aromatic carbocycles. The summed E-state index contributed by atoms with van der Waals surface area (Å²) in [5.74, 6) is 0.522. The standard InChI is InChI=1S/C35H36N8O4/c1-22(24-11-7-6-8-12-24)43-33(45)30-32(42(34(43)46)21-29(44)47-5)36-28(19-35(2,3)4)41(30)20-23-15-17-25(18-16-23)26-13-9-10-14-27(26)31-37-39-40-38-31/h6-18,22H,19-21H2,1-5H3,(H,37,38,39,40). The van der Waals surface area contributed by atoms with Gasteiger partial charge in [-0.2, -0.15) is 5.21 Å². The van der Waals surface area contributed by atoms with Crippen LogP contribution in [-0.2, 0) is 29.0 Å². The smallest absolute Gasteiger partial charge is 0.333 e. The lowest BCUT2D eigenvalue weighted by Gasteiger charge is -2.19. The molecule has 0 spiro atoms. The molecule has 0 saturated carbocycles. The SMILES string of the molecule is COC(=O)Cn1c(=O)n(C(C)c2ccccc2)c(=O)c2c1nc(CC(C)(C)C)n2Cc1ccc(-c2ccccc2-c2nn[nH]n2)cc1. The molecular weight excluding hydrogens is 596 g/mol. The van der Waals surface area contributed by atoms with Gasteiger partial charge in [0.25, 0.3) is 5.56 Å². The van der Waals surface area contributed by atoms with Crippen LogP contribution in [0, 0.1) is 5.41 Å². The summed E-state index contributed by atoms with van der Waals surface area (Å²) in [6, 6.07) is 24.6. The summed E-state index contributed by atoms with van der Waals surface area (Å²) in [7, 11) is 1.26. The van der Waals surface area contributed by atoms with Gasteiger partial charge in [0.05, 0.1) is 13.2 Å². The Kier molecular flexibility index (Phi) is 8.42. The summed E-state index contributed by atoms with van der Waals surface area (Å²) in [5, 5.41) is 14.5. The Morgan fingerprint density at radius 1 is 0.915 bits per heavy atom. The van der Waals surface area contributed by atoms with E-state index in [1.807, 2.05) is 83.4 Å². The van der Waals surface area contributed by atoms with E-state index in [2.05, 4.69) is 41.4 Å². The average molecular weight is 633 g/mol. The molecule has 47 heavy (non-hydrogen) atoms. The number of tetrazole rings is 1. The van der Waals surface area contributed by atoms with E-state index >= 15 is 0 Å². The number of aromatic amines is 1. The fourth-order valence-electron chi connectivity index (χ4n) is 5.82. The number of rotatable bonds is 9. The zero-order valence-electron chi connectivity index (χ0n) is 27.0. The first-order chi connectivity index (χ1) is 22.6. The fraction of sp³-hybridized carbons (Fsp3) is 0.286. The number of nitrogens with one attached hydrogen (secondary N) is 1. The monoisotopic (exact) mass is 632 g/mol. The van der Waals surface area contributed by atoms with Crippen molar-refractivity contribution in [2.24, 2.45) is 5.41 Å². The van der Waals surface area contributed by atoms with Crippen LogP contribution in [0.3, 0.4) is 0 Å². The van der Waals surface area contributed by atoms with E-state index in [1.165, 1.54) is 16.2 Å². The number of nitrogens with zero attached hydrogens (tertiary/aromatic N) is 7. The molecule has 6 aromatic rings. The van der Waals surface area contributed by atoms with Crippen molar-refractivity contribution >= 4 is 17.1 Å². The van der Waals surface area contributed by atoms with Crippen LogP contribution in [0.5, 0.6) is 0 Å². The number of ether oxygens (including phenoxy) is 1. The Morgan fingerprint density at radius 2 is 1.60 bits per heavy atom. The van der Waals surface area contributed by atoms with Crippen LogP contribution >= 0.6 is 0 Å². The van der Waals surface area contributed by atoms with Crippen molar-refractivity contribution in [1.29, 1.82) is 0 Å². The lowest BCUT2D eigenvalue weighted by molar-refractivity contribution is -0.141. The molecule has 3 aromatic heterocycles. The Bertz CT molecular complexity index is 2160. The number of carbonyl (C=O) groups excluding carboxylic acids is 1. The van der Waals surface area contributed by atoms with Gasteiger partial charge in [0.1, 0.15) is 12.4 Å². The molecule has 0 aliphatic heterocycles. The Labute approximate surface area is 270 Å². The van der Waals surface area contributed by atoms with Gasteiger partial charge in [0.2, 0.25) is 5.82 Å². The summed E-state index contributed by atoms with van der Waals surface area (Å²) in [4.78, 5) is 45.8. The van der Waals surface area contributed by atoms with Gasteiger partial charge in [-0.3, -0.25) is 18.7 Å². The summed E-state index contributed by atoms with van der Waals surface area (Å²) < 4.78 is 9.27. The van der Waals surface area contributed by atoms with Gasteiger partial charge in [0.15, 0.2) is 11.2 Å². The molecule has 1 atom stereocenters. The molecule has 240 valence electrons. The first-order valence-corrected chi connectivity index (χ1v) is 15.3. The van der Waals surface area contributed by atoms with Crippen molar-refractivity contribution in [3.05, 3.63) is 117 Å². The predicted octanol–water partition coefficient (Wildman–Crippen LogP) is 4.63. The summed E-state index contributed by atoms with van der Waals surface area (Å²) in [6.07, 6.45) is 0.526. The van der Waals surface area contributed by atoms with Crippen LogP contribution in [0.25, 0.3) is 33.7 Å². The third-order valence-electron chi connectivity index (χ3n) is 8.13. The van der Waals surface area contributed by atoms with Gasteiger partial charge in [-0.15, -0.1) is 10.2 Å². The molecule has 12 heteroatoms. The minimum absolute atomic E-state index is 0.159. The van der Waals surface area contributed by atoms with Gasteiger partial charge in [-0.1, -0.05) is 99.6 Å². The Morgan fingerprint density at radius 3 is 2.23 bits per heavy atom. The first-order valence-electron chi connectivity index (χ1n) is 15.3. The first kappa shape index (κ1) is 31.3. The predicted molar refractivity (Wildman–Crippen MR) is 178 cm³/mol. The number of esters is 1. The number of hydrogen-bond acceptors (Lipinski definition) is 8. The molecule has 12 nitrogen and oxygen atoms in total. The summed E-state index contributed by atoms with van der Waals surface area (Å²) in [6.45, 7) is 8.00. The van der Waals surface area contributed by atoms with E-state index in [9.17, 15) is 14.4 Å². The quantitative estimate of drug-likeness (QED) is 0.228. The van der Waals surface area contributed by atoms with Crippen molar-refractivity contribution in [3.8, 4) is 22.5 Å². The minimum atomic E-state index is -0.624. The van der Waals surface area contributed by atoms with Crippen LogP contribution < -0.4 is 11.2 Å². The summed E-state index contributed by atoms with van der Waals surface area (Å²) in [5.41, 5.74) is 3.60. The molecule has 3 heterocycles. The van der Waals surface area contributed by atoms with E-state index in [0.29, 0.717) is 24.6 Å². The van der Waals surface area contributed by atoms with Gasteiger partial charge in [0, 0.05) is 18.5 Å². The highest BCUT2D eigenvalue weighted by atomic mass is 16.5. The molecule has 0 saturated heterocycles. The second-order valence-electron chi connectivity index (χ2n) is 12.7. The molecule has 1 unspecified atom stereocenters. The minimum Gasteiger partial charge on any atom is -0.468 e. The van der Waals surface area contributed by atoms with Crippen molar-refractivity contribution in [3.63, 3.8) is 0 Å². The van der Waals surface area contributed by atoms with Crippen LogP contribution in [0.2, 0.25) is 0 Å². The number of methoxy groups -OCH3 is 1. The largest absolute Gasteiger partial charge is 0.468 e. The van der Waals surface area contributed by atoms with Crippen molar-refractivity contribution in [1.82, 2.24) is 39.3 Å². The van der Waals surface area contributed by atoms with Crippen LogP contribution in [0.4, 0.5) is 0 Å². The van der Waals surface area contributed by atoms with E-state index in [1.54, 1.807) is 6.92 Å². The molecule has 0 fully saturated rings. The molecule has 0 bridgehead atoms. The van der Waals surface area contributed by atoms with Gasteiger partial charge in [-0.05, 0) is 39.8 Å². The molecular formula is C35H36N8O4. The van der Waals surface area contributed by atoms with Crippen LogP contribution in [0.1, 0.15) is 50.7 Å². The van der Waals surface area contributed by atoms with E-state index in [4.69, 9.17) is 9.72 Å². The van der Waals surface area contributed by atoms with Crippen LogP contribution in [0.15, 0.2) is 88.5 Å². The Hall–Kier alpha value is -5.65. The molecule has 1 N–H and O–H groups in total. The highest BCUT2D eigenvalue weighted by Crippen LogP contribution is 2.30. The Balaban J connectivity index is 1.51. The van der Waals surface area contributed by atoms with Crippen molar-refractivity contribution in [2.75, 3.05) is 7.11 Å². The van der Waals surface area contributed by atoms with Gasteiger partial charge in [-0.25, -0.2) is 9.78 Å². The number of fused-ring (bicyclic) bond motifs is 1. The highest BCUT2D eigenvalue weighted by molar-refractivity contribution is 5.80. The zero-order valence-corrected chi connectivity index (χ0v) is 27.0. The van der Waals surface area contributed by atoms with Gasteiger partial charge >= 0.3 is 11.7 Å². The lowest BCUT2D eigenvalue weighted by atomic mass is 9.92. The summed E-state index contributed by atoms with van der Waals surface area (Å²) >= 11 is 0. The van der Waals surface area contributed by atoms with E-state index in [0.717, 1.165) is 27.8 Å². The number of aromatic nitrogens is 8. The number of carbonyl (C=O) groups is 1. The molecule has 0 radical (unpaired) electrons. The van der Waals surface area contributed by atoms with E-state index in [-0.39, 0.29) is 23.1 Å². The average Bonchev–Trinajstić information content (AvgIpc) is 3.72. The third-order valence-corrected chi connectivity index (χ3v) is 8.13. The normalized spacial score (nSPS) is 12.4. The van der Waals surface area contributed by atoms with Crippen LogP contribution in [-0.4, -0.2) is 52.4 Å². The lowest BCUT2D eigenvalue weighted by Crippen LogP contribution is -2.43. The number of imidazole rings is 1. The maximum Gasteiger partial charge on any atom is 0.333 e. The number of hydrogen-bond donors (Lipinski definition) is 1.